The van der Waals surface area contributed by atoms with Gasteiger partial charge in [-0.1, -0.05) is 18.2 Å². The van der Waals surface area contributed by atoms with Crippen molar-refractivity contribution >= 4 is 11.9 Å². The number of piperidine rings is 1. The molecule has 2 atom stereocenters. The van der Waals surface area contributed by atoms with Crippen molar-refractivity contribution in [2.75, 3.05) is 13.2 Å². The number of hydrogen-bond donors (Lipinski definition) is 1. The standard InChI is InChI=1S/C13H13NO3/c15-11(9-4-2-1-3-5-9)17-8-13-6-10(13)7-14-12(13)16/h1-5,10H,6-8H2,(H,14,16)/t10-,13+/m1/s1. The van der Waals surface area contributed by atoms with Gasteiger partial charge in [-0.05, 0) is 24.5 Å². The van der Waals surface area contributed by atoms with Crippen molar-refractivity contribution in [1.82, 2.24) is 5.32 Å². The van der Waals surface area contributed by atoms with Crippen molar-refractivity contribution < 1.29 is 14.3 Å². The Balaban J connectivity index is 1.63. The number of rotatable bonds is 3. The van der Waals surface area contributed by atoms with Crippen molar-refractivity contribution in [1.29, 1.82) is 0 Å². The number of hydrogen-bond acceptors (Lipinski definition) is 3. The number of ether oxygens (including phenoxy) is 1. The summed E-state index contributed by atoms with van der Waals surface area (Å²) in [6.45, 7) is 0.930. The molecule has 4 heteroatoms. The predicted molar refractivity (Wildman–Crippen MR) is 60.3 cm³/mol. The lowest BCUT2D eigenvalue weighted by Crippen LogP contribution is -2.29. The van der Waals surface area contributed by atoms with Crippen molar-refractivity contribution in [3.63, 3.8) is 0 Å². The van der Waals surface area contributed by atoms with E-state index in [4.69, 9.17) is 4.74 Å². The van der Waals surface area contributed by atoms with Gasteiger partial charge in [0, 0.05) is 6.54 Å². The van der Waals surface area contributed by atoms with Gasteiger partial charge in [0.2, 0.25) is 5.91 Å². The Bertz CT molecular complexity index is 471. The SMILES string of the molecule is O=C(OC[C@@]12C[C@@H]1CNC2=O)c1ccccc1. The first-order chi connectivity index (χ1) is 8.22. The summed E-state index contributed by atoms with van der Waals surface area (Å²) in [7, 11) is 0. The molecule has 0 bridgehead atoms. The molecule has 1 N–H and O–H groups in total. The average molecular weight is 231 g/mol. The number of nitrogens with one attached hydrogen (secondary N) is 1. The molecule has 0 aromatic heterocycles. The normalized spacial score (nSPS) is 29.4. The zero-order chi connectivity index (χ0) is 11.9. The van der Waals surface area contributed by atoms with E-state index < -0.39 is 5.41 Å². The minimum absolute atomic E-state index is 0.0309. The number of carbonyl (C=O) groups excluding carboxylic acids is 2. The summed E-state index contributed by atoms with van der Waals surface area (Å²) in [4.78, 5) is 23.3. The largest absolute Gasteiger partial charge is 0.461 e. The maximum atomic E-state index is 11.7. The first kappa shape index (κ1) is 10.3. The Hall–Kier alpha value is -1.84. The van der Waals surface area contributed by atoms with E-state index in [1.54, 1.807) is 24.3 Å². The minimum Gasteiger partial charge on any atom is -0.461 e. The van der Waals surface area contributed by atoms with E-state index >= 15 is 0 Å². The van der Waals surface area contributed by atoms with Crippen LogP contribution in [-0.2, 0) is 9.53 Å². The van der Waals surface area contributed by atoms with Crippen LogP contribution in [0.3, 0.4) is 0 Å². The minimum atomic E-state index is -0.412. The summed E-state index contributed by atoms with van der Waals surface area (Å²) in [5.41, 5.74) is 0.115. The van der Waals surface area contributed by atoms with Crippen molar-refractivity contribution in [3.8, 4) is 0 Å². The monoisotopic (exact) mass is 231 g/mol. The summed E-state index contributed by atoms with van der Waals surface area (Å²) in [5, 5.41) is 2.79. The van der Waals surface area contributed by atoms with Gasteiger partial charge in [-0.15, -0.1) is 0 Å². The van der Waals surface area contributed by atoms with E-state index in [2.05, 4.69) is 5.32 Å². The van der Waals surface area contributed by atoms with Gasteiger partial charge < -0.3 is 10.1 Å². The Kier molecular flexibility index (Phi) is 2.18. The van der Waals surface area contributed by atoms with Crippen molar-refractivity contribution in [2.45, 2.75) is 6.42 Å². The maximum absolute atomic E-state index is 11.7. The fraction of sp³-hybridized carbons (Fsp3) is 0.385. The molecule has 17 heavy (non-hydrogen) atoms. The van der Waals surface area contributed by atoms with Crippen LogP contribution >= 0.6 is 0 Å². The van der Waals surface area contributed by atoms with Crippen LogP contribution < -0.4 is 5.32 Å². The van der Waals surface area contributed by atoms with Gasteiger partial charge in [-0.3, -0.25) is 4.79 Å². The zero-order valence-corrected chi connectivity index (χ0v) is 9.31. The van der Waals surface area contributed by atoms with Crippen LogP contribution in [-0.4, -0.2) is 25.0 Å². The third-order valence-corrected chi connectivity index (χ3v) is 3.66. The quantitative estimate of drug-likeness (QED) is 0.789. The smallest absolute Gasteiger partial charge is 0.338 e. The van der Waals surface area contributed by atoms with Gasteiger partial charge in [-0.2, -0.15) is 0 Å². The van der Waals surface area contributed by atoms with E-state index in [0.717, 1.165) is 13.0 Å². The van der Waals surface area contributed by atoms with Crippen molar-refractivity contribution in [3.05, 3.63) is 35.9 Å². The number of fused-ring (bicyclic) bond motifs is 1. The fourth-order valence-electron chi connectivity index (χ4n) is 2.41. The molecule has 0 radical (unpaired) electrons. The predicted octanol–water partition coefficient (Wildman–Crippen LogP) is 0.979. The molecule has 1 aliphatic carbocycles. The molecule has 1 saturated heterocycles. The van der Waals surface area contributed by atoms with Gasteiger partial charge in [0.1, 0.15) is 6.61 Å². The van der Waals surface area contributed by atoms with Crippen LogP contribution in [0, 0.1) is 11.3 Å². The Morgan fingerprint density at radius 1 is 1.41 bits per heavy atom. The van der Waals surface area contributed by atoms with Crippen molar-refractivity contribution in [2.24, 2.45) is 11.3 Å². The summed E-state index contributed by atoms with van der Waals surface area (Å²) >= 11 is 0. The van der Waals surface area contributed by atoms with Crippen LogP contribution in [0.5, 0.6) is 0 Å². The van der Waals surface area contributed by atoms with E-state index in [1.807, 2.05) is 6.07 Å². The zero-order valence-electron chi connectivity index (χ0n) is 9.31. The second kappa shape index (κ2) is 3.58. The van der Waals surface area contributed by atoms with Gasteiger partial charge >= 0.3 is 5.97 Å². The summed E-state index contributed by atoms with van der Waals surface area (Å²) in [6.07, 6.45) is 0.848. The highest BCUT2D eigenvalue weighted by atomic mass is 16.5. The van der Waals surface area contributed by atoms with Crippen LogP contribution in [0.2, 0.25) is 0 Å². The van der Waals surface area contributed by atoms with Gasteiger partial charge in [-0.25, -0.2) is 4.79 Å². The molecule has 1 heterocycles. The highest BCUT2D eigenvalue weighted by Crippen LogP contribution is 2.55. The lowest BCUT2D eigenvalue weighted by molar-refractivity contribution is -0.125. The topological polar surface area (TPSA) is 55.4 Å². The molecular weight excluding hydrogens is 218 g/mol. The molecular formula is C13H13NO3. The number of carbonyl (C=O) groups is 2. The Morgan fingerprint density at radius 3 is 2.76 bits per heavy atom. The summed E-state index contributed by atoms with van der Waals surface area (Å²) < 4.78 is 5.23. The highest BCUT2D eigenvalue weighted by molar-refractivity contribution is 5.91. The maximum Gasteiger partial charge on any atom is 0.338 e. The number of esters is 1. The molecule has 1 aromatic rings. The first-order valence-electron chi connectivity index (χ1n) is 5.73. The van der Waals surface area contributed by atoms with Crippen LogP contribution in [0.15, 0.2) is 30.3 Å². The molecule has 1 amide bonds. The molecule has 0 spiro atoms. The third kappa shape index (κ3) is 1.60. The lowest BCUT2D eigenvalue weighted by atomic mass is 10.1. The van der Waals surface area contributed by atoms with Gasteiger partial charge in [0.15, 0.2) is 0 Å². The molecule has 4 nitrogen and oxygen atoms in total. The Morgan fingerprint density at radius 2 is 2.18 bits per heavy atom. The van der Waals surface area contributed by atoms with Gasteiger partial charge in [0.25, 0.3) is 0 Å². The van der Waals surface area contributed by atoms with Gasteiger partial charge in [0.05, 0.1) is 11.0 Å². The summed E-state index contributed by atoms with van der Waals surface area (Å²) in [5.74, 6) is 0.0345. The van der Waals surface area contributed by atoms with E-state index in [1.165, 1.54) is 0 Å². The van der Waals surface area contributed by atoms with Crippen LogP contribution in [0.1, 0.15) is 16.8 Å². The number of benzene rings is 1. The molecule has 0 unspecified atom stereocenters. The second-order valence-electron chi connectivity index (χ2n) is 4.71. The molecule has 2 fully saturated rings. The first-order valence-corrected chi connectivity index (χ1v) is 5.73. The van der Waals surface area contributed by atoms with E-state index in [9.17, 15) is 9.59 Å². The third-order valence-electron chi connectivity index (χ3n) is 3.66. The molecule has 1 aliphatic heterocycles. The summed E-state index contributed by atoms with van der Waals surface area (Å²) in [6, 6.07) is 8.84. The molecule has 2 aliphatic rings. The van der Waals surface area contributed by atoms with Crippen LogP contribution in [0.4, 0.5) is 0 Å². The average Bonchev–Trinajstić information content (AvgIpc) is 3.01. The van der Waals surface area contributed by atoms with Crippen LogP contribution in [0.25, 0.3) is 0 Å². The second-order valence-corrected chi connectivity index (χ2v) is 4.71. The molecule has 3 rings (SSSR count). The Labute approximate surface area is 99.0 Å². The lowest BCUT2D eigenvalue weighted by Gasteiger charge is -2.10. The molecule has 1 aromatic carbocycles. The highest BCUT2D eigenvalue weighted by Gasteiger charge is 2.64. The fourth-order valence-corrected chi connectivity index (χ4v) is 2.41. The van der Waals surface area contributed by atoms with E-state index in [-0.39, 0.29) is 18.5 Å². The molecule has 1 saturated carbocycles. The molecule has 88 valence electrons. The van der Waals surface area contributed by atoms with E-state index in [0.29, 0.717) is 11.5 Å². The number of amides is 1.